The van der Waals surface area contributed by atoms with Crippen LogP contribution in [0.4, 0.5) is 13.2 Å². The molecular formula is C11H12ClF3N2OS. The highest BCUT2D eigenvalue weighted by molar-refractivity contribution is 7.99. The SMILES string of the molecule is FC(F)(F)c1cnc(SCC2CNCCO2)c(Cl)c1. The van der Waals surface area contributed by atoms with Crippen molar-refractivity contribution in [2.45, 2.75) is 17.3 Å². The molecule has 1 fully saturated rings. The number of ether oxygens (including phenoxy) is 1. The zero-order valence-corrected chi connectivity index (χ0v) is 11.4. The monoisotopic (exact) mass is 312 g/mol. The van der Waals surface area contributed by atoms with Gasteiger partial charge in [-0.2, -0.15) is 13.2 Å². The number of thioether (sulfide) groups is 1. The minimum absolute atomic E-state index is 0.0172. The first-order valence-electron chi connectivity index (χ1n) is 5.64. The molecular weight excluding hydrogens is 301 g/mol. The van der Waals surface area contributed by atoms with Crippen LogP contribution in [-0.2, 0) is 10.9 Å². The van der Waals surface area contributed by atoms with Crippen molar-refractivity contribution in [2.75, 3.05) is 25.4 Å². The number of rotatable bonds is 3. The smallest absolute Gasteiger partial charge is 0.375 e. The number of nitrogens with zero attached hydrogens (tertiary/aromatic N) is 1. The van der Waals surface area contributed by atoms with Gasteiger partial charge in [0.1, 0.15) is 5.03 Å². The van der Waals surface area contributed by atoms with E-state index in [9.17, 15) is 13.2 Å². The van der Waals surface area contributed by atoms with Gasteiger partial charge >= 0.3 is 6.18 Å². The van der Waals surface area contributed by atoms with Crippen LogP contribution in [0.25, 0.3) is 0 Å². The number of pyridine rings is 1. The van der Waals surface area contributed by atoms with Gasteiger partial charge in [0.15, 0.2) is 0 Å². The van der Waals surface area contributed by atoms with Gasteiger partial charge in [0.25, 0.3) is 0 Å². The molecule has 1 aromatic rings. The zero-order valence-electron chi connectivity index (χ0n) is 9.84. The first-order chi connectivity index (χ1) is 8.97. The maximum atomic E-state index is 12.4. The van der Waals surface area contributed by atoms with E-state index >= 15 is 0 Å². The molecule has 0 amide bonds. The number of nitrogens with one attached hydrogen (secondary N) is 1. The molecule has 8 heteroatoms. The van der Waals surface area contributed by atoms with E-state index in [4.69, 9.17) is 16.3 Å². The van der Waals surface area contributed by atoms with Gasteiger partial charge in [0, 0.05) is 25.0 Å². The molecule has 1 aromatic heterocycles. The molecule has 0 aromatic carbocycles. The fourth-order valence-electron chi connectivity index (χ4n) is 1.59. The van der Waals surface area contributed by atoms with Crippen LogP contribution in [0, 0.1) is 0 Å². The Morgan fingerprint density at radius 3 is 2.89 bits per heavy atom. The highest BCUT2D eigenvalue weighted by Crippen LogP contribution is 2.33. The third-order valence-electron chi connectivity index (χ3n) is 2.55. The Kier molecular flexibility index (Phi) is 4.94. The second-order valence-corrected chi connectivity index (χ2v) is 5.43. The van der Waals surface area contributed by atoms with Gasteiger partial charge in [0.05, 0.1) is 23.3 Å². The van der Waals surface area contributed by atoms with Gasteiger partial charge in [-0.15, -0.1) is 11.8 Å². The van der Waals surface area contributed by atoms with Gasteiger partial charge < -0.3 is 10.1 Å². The maximum absolute atomic E-state index is 12.4. The lowest BCUT2D eigenvalue weighted by Gasteiger charge is -2.23. The van der Waals surface area contributed by atoms with Crippen molar-refractivity contribution >= 4 is 23.4 Å². The molecule has 2 heterocycles. The summed E-state index contributed by atoms with van der Waals surface area (Å²) in [5.41, 5.74) is -0.836. The quantitative estimate of drug-likeness (QED) is 0.870. The zero-order chi connectivity index (χ0) is 13.9. The van der Waals surface area contributed by atoms with Crippen molar-refractivity contribution in [1.82, 2.24) is 10.3 Å². The number of halogens is 4. The minimum Gasteiger partial charge on any atom is -0.375 e. The van der Waals surface area contributed by atoms with Crippen LogP contribution in [0.1, 0.15) is 5.56 Å². The van der Waals surface area contributed by atoms with Crippen LogP contribution in [0.15, 0.2) is 17.3 Å². The molecule has 1 saturated heterocycles. The summed E-state index contributed by atoms with van der Waals surface area (Å²) >= 11 is 7.11. The Bertz CT molecular complexity index is 438. The molecule has 1 aliphatic heterocycles. The number of morpholine rings is 1. The van der Waals surface area contributed by atoms with E-state index in [1.165, 1.54) is 11.8 Å². The van der Waals surface area contributed by atoms with E-state index < -0.39 is 11.7 Å². The molecule has 2 rings (SSSR count). The lowest BCUT2D eigenvalue weighted by molar-refractivity contribution is -0.137. The number of hydrogen-bond donors (Lipinski definition) is 1. The summed E-state index contributed by atoms with van der Waals surface area (Å²) in [4.78, 5) is 3.76. The standard InChI is InChI=1S/C11H12ClF3N2OS/c12-9-3-7(11(13,14)15)4-17-10(9)19-6-8-5-16-1-2-18-8/h3-4,8,16H,1-2,5-6H2. The third-order valence-corrected chi connectivity index (χ3v) is 4.08. The fourth-order valence-corrected chi connectivity index (χ4v) is 2.80. The van der Waals surface area contributed by atoms with Gasteiger partial charge in [-0.05, 0) is 6.07 Å². The Hall–Kier alpha value is -0.500. The molecule has 0 aliphatic carbocycles. The number of alkyl halides is 3. The summed E-state index contributed by atoms with van der Waals surface area (Å²) in [6.45, 7) is 2.19. The van der Waals surface area contributed by atoms with Crippen molar-refractivity contribution in [2.24, 2.45) is 0 Å². The summed E-state index contributed by atoms with van der Waals surface area (Å²) in [7, 11) is 0. The van der Waals surface area contributed by atoms with Crippen molar-refractivity contribution in [3.8, 4) is 0 Å². The van der Waals surface area contributed by atoms with Crippen LogP contribution in [0.3, 0.4) is 0 Å². The number of aromatic nitrogens is 1. The third kappa shape index (κ3) is 4.24. The van der Waals surface area contributed by atoms with Crippen LogP contribution in [0.2, 0.25) is 5.02 Å². The lowest BCUT2D eigenvalue weighted by atomic mass is 10.3. The van der Waals surface area contributed by atoms with E-state index in [1.807, 2.05) is 0 Å². The summed E-state index contributed by atoms with van der Waals surface area (Å²) in [6, 6.07) is 0.900. The van der Waals surface area contributed by atoms with Crippen LogP contribution in [0.5, 0.6) is 0 Å². The Labute approximate surface area is 117 Å². The average Bonchev–Trinajstić information content (AvgIpc) is 2.37. The second-order valence-electron chi connectivity index (χ2n) is 4.02. The average molecular weight is 313 g/mol. The van der Waals surface area contributed by atoms with Gasteiger partial charge in [0.2, 0.25) is 0 Å². The largest absolute Gasteiger partial charge is 0.417 e. The maximum Gasteiger partial charge on any atom is 0.417 e. The van der Waals surface area contributed by atoms with Crippen LogP contribution < -0.4 is 5.32 Å². The first-order valence-corrected chi connectivity index (χ1v) is 7.01. The molecule has 0 radical (unpaired) electrons. The minimum atomic E-state index is -4.42. The van der Waals surface area contributed by atoms with E-state index in [-0.39, 0.29) is 11.1 Å². The predicted molar refractivity (Wildman–Crippen MR) is 67.6 cm³/mol. The van der Waals surface area contributed by atoms with Crippen LogP contribution >= 0.6 is 23.4 Å². The molecule has 106 valence electrons. The molecule has 1 N–H and O–H groups in total. The van der Waals surface area contributed by atoms with E-state index in [0.717, 1.165) is 25.4 Å². The molecule has 1 atom stereocenters. The normalized spacial score (nSPS) is 20.5. The molecule has 1 aliphatic rings. The Morgan fingerprint density at radius 2 is 2.32 bits per heavy atom. The molecule has 3 nitrogen and oxygen atoms in total. The van der Waals surface area contributed by atoms with Gasteiger partial charge in [-0.25, -0.2) is 4.98 Å². The van der Waals surface area contributed by atoms with Gasteiger partial charge in [-0.3, -0.25) is 0 Å². The van der Waals surface area contributed by atoms with E-state index in [1.54, 1.807) is 0 Å². The van der Waals surface area contributed by atoms with Crippen molar-refractivity contribution in [3.05, 3.63) is 22.8 Å². The molecule has 0 spiro atoms. The second kappa shape index (κ2) is 6.30. The Balaban J connectivity index is 1.97. The summed E-state index contributed by atoms with van der Waals surface area (Å²) in [5, 5.41) is 3.58. The summed E-state index contributed by atoms with van der Waals surface area (Å²) < 4.78 is 42.8. The van der Waals surface area contributed by atoms with Crippen LogP contribution in [-0.4, -0.2) is 36.5 Å². The fraction of sp³-hybridized carbons (Fsp3) is 0.545. The molecule has 0 saturated carbocycles. The predicted octanol–water partition coefficient (Wildman–Crippen LogP) is 2.83. The summed E-state index contributed by atoms with van der Waals surface area (Å²) in [6.07, 6.45) is -3.59. The van der Waals surface area contributed by atoms with E-state index in [0.29, 0.717) is 17.4 Å². The van der Waals surface area contributed by atoms with Crippen molar-refractivity contribution in [3.63, 3.8) is 0 Å². The molecule has 0 bridgehead atoms. The molecule has 19 heavy (non-hydrogen) atoms. The van der Waals surface area contributed by atoms with Crippen molar-refractivity contribution in [1.29, 1.82) is 0 Å². The number of hydrogen-bond acceptors (Lipinski definition) is 4. The summed E-state index contributed by atoms with van der Waals surface area (Å²) in [5.74, 6) is 0.602. The van der Waals surface area contributed by atoms with E-state index in [2.05, 4.69) is 10.3 Å². The Morgan fingerprint density at radius 1 is 1.53 bits per heavy atom. The van der Waals surface area contributed by atoms with Crippen molar-refractivity contribution < 1.29 is 17.9 Å². The van der Waals surface area contributed by atoms with Gasteiger partial charge in [-0.1, -0.05) is 11.6 Å². The highest BCUT2D eigenvalue weighted by atomic mass is 35.5. The highest BCUT2D eigenvalue weighted by Gasteiger charge is 2.31. The molecule has 1 unspecified atom stereocenters. The first kappa shape index (κ1) is 14.9. The lowest BCUT2D eigenvalue weighted by Crippen LogP contribution is -2.39. The topological polar surface area (TPSA) is 34.2 Å².